The van der Waals surface area contributed by atoms with Crippen LogP contribution in [0.25, 0.3) is 10.9 Å². The highest BCUT2D eigenvalue weighted by atomic mass is 16.6. The van der Waals surface area contributed by atoms with Gasteiger partial charge in [0.25, 0.3) is 11.2 Å². The van der Waals surface area contributed by atoms with Crippen molar-refractivity contribution in [3.05, 3.63) is 38.7 Å². The summed E-state index contributed by atoms with van der Waals surface area (Å²) in [6.07, 6.45) is 3.92. The fourth-order valence-corrected chi connectivity index (χ4v) is 2.43. The number of fused-ring (bicyclic) bond motifs is 1. The molecule has 0 aliphatic carbocycles. The van der Waals surface area contributed by atoms with Crippen LogP contribution in [0.5, 0.6) is 11.5 Å². The second-order valence-corrected chi connectivity index (χ2v) is 5.60. The summed E-state index contributed by atoms with van der Waals surface area (Å²) in [5, 5.41) is 11.4. The minimum Gasteiger partial charge on any atom is -0.489 e. The largest absolute Gasteiger partial charge is 0.489 e. The Morgan fingerprint density at radius 3 is 2.64 bits per heavy atom. The maximum absolute atomic E-state index is 12.2. The summed E-state index contributed by atoms with van der Waals surface area (Å²) < 4.78 is 10.7. The SMILES string of the molecule is CCCCCCOc1c(OC(C)=O)c(=O)[nH]c2cc([N+](=O)[O-])ccc12. The van der Waals surface area contributed by atoms with Gasteiger partial charge in [0, 0.05) is 24.4 Å². The number of hydrogen-bond acceptors (Lipinski definition) is 6. The predicted molar refractivity (Wildman–Crippen MR) is 92.2 cm³/mol. The number of ether oxygens (including phenoxy) is 2. The van der Waals surface area contributed by atoms with Crippen LogP contribution in [0.15, 0.2) is 23.0 Å². The van der Waals surface area contributed by atoms with Gasteiger partial charge in [0.2, 0.25) is 5.75 Å². The van der Waals surface area contributed by atoms with Gasteiger partial charge in [-0.15, -0.1) is 0 Å². The van der Waals surface area contributed by atoms with E-state index in [0.717, 1.165) is 25.7 Å². The third-order valence-electron chi connectivity index (χ3n) is 3.61. The molecule has 0 saturated carbocycles. The summed E-state index contributed by atoms with van der Waals surface area (Å²) in [6.45, 7) is 3.63. The van der Waals surface area contributed by atoms with Crippen LogP contribution < -0.4 is 15.0 Å². The van der Waals surface area contributed by atoms with Crippen molar-refractivity contribution in [2.24, 2.45) is 0 Å². The molecular formula is C17H20N2O6. The number of aromatic nitrogens is 1. The predicted octanol–water partition coefficient (Wildman–Crippen LogP) is 3.32. The van der Waals surface area contributed by atoms with E-state index < -0.39 is 16.5 Å². The molecule has 1 heterocycles. The second kappa shape index (κ2) is 8.27. The van der Waals surface area contributed by atoms with Crippen LogP contribution in [-0.4, -0.2) is 22.5 Å². The molecule has 1 N–H and O–H groups in total. The van der Waals surface area contributed by atoms with Gasteiger partial charge in [-0.2, -0.15) is 0 Å². The lowest BCUT2D eigenvalue weighted by atomic mass is 10.1. The van der Waals surface area contributed by atoms with E-state index in [2.05, 4.69) is 11.9 Å². The van der Waals surface area contributed by atoms with E-state index in [9.17, 15) is 19.7 Å². The van der Waals surface area contributed by atoms with Crippen molar-refractivity contribution in [2.45, 2.75) is 39.5 Å². The third-order valence-corrected chi connectivity index (χ3v) is 3.61. The topological polar surface area (TPSA) is 112 Å². The van der Waals surface area contributed by atoms with Crippen molar-refractivity contribution in [1.82, 2.24) is 4.98 Å². The van der Waals surface area contributed by atoms with E-state index in [-0.39, 0.29) is 22.7 Å². The zero-order valence-electron chi connectivity index (χ0n) is 14.2. The van der Waals surface area contributed by atoms with Gasteiger partial charge in [-0.1, -0.05) is 26.2 Å². The number of nitrogens with one attached hydrogen (secondary N) is 1. The molecule has 8 heteroatoms. The Balaban J connectivity index is 2.45. The Labute approximate surface area is 143 Å². The molecule has 0 amide bonds. The molecule has 25 heavy (non-hydrogen) atoms. The van der Waals surface area contributed by atoms with Gasteiger partial charge < -0.3 is 14.5 Å². The lowest BCUT2D eigenvalue weighted by molar-refractivity contribution is -0.384. The van der Waals surface area contributed by atoms with Crippen LogP contribution in [0.1, 0.15) is 39.5 Å². The number of nitrogens with zero attached hydrogens (tertiary/aromatic N) is 1. The molecule has 0 aliphatic rings. The first-order chi connectivity index (χ1) is 11.9. The highest BCUT2D eigenvalue weighted by molar-refractivity contribution is 5.89. The molecule has 0 fully saturated rings. The van der Waals surface area contributed by atoms with E-state index in [1.807, 2.05) is 0 Å². The van der Waals surface area contributed by atoms with Gasteiger partial charge in [-0.3, -0.25) is 19.7 Å². The number of non-ortho nitro benzene ring substituents is 1. The Kier molecular flexibility index (Phi) is 6.10. The standard InChI is InChI=1S/C17H20N2O6/c1-3-4-5-6-9-24-15-13-8-7-12(19(22)23)10-14(13)18-17(21)16(15)25-11(2)20/h7-8,10H,3-6,9H2,1-2H3,(H,18,21). The molecule has 1 aromatic heterocycles. The Bertz CT molecular complexity index is 843. The highest BCUT2D eigenvalue weighted by Crippen LogP contribution is 2.33. The van der Waals surface area contributed by atoms with Crippen molar-refractivity contribution < 1.29 is 19.2 Å². The maximum atomic E-state index is 12.2. The van der Waals surface area contributed by atoms with Crippen molar-refractivity contribution >= 4 is 22.6 Å². The summed E-state index contributed by atoms with van der Waals surface area (Å²) in [5.41, 5.74) is -0.581. The molecule has 2 aromatic rings. The number of hydrogen-bond donors (Lipinski definition) is 1. The minimum absolute atomic E-state index is 0.125. The smallest absolute Gasteiger partial charge is 0.308 e. The van der Waals surface area contributed by atoms with E-state index >= 15 is 0 Å². The molecular weight excluding hydrogens is 328 g/mol. The van der Waals surface area contributed by atoms with E-state index in [0.29, 0.717) is 12.0 Å². The zero-order valence-corrected chi connectivity index (χ0v) is 14.2. The Hall–Kier alpha value is -2.90. The number of esters is 1. The number of benzene rings is 1. The average Bonchev–Trinajstić information content (AvgIpc) is 2.56. The van der Waals surface area contributed by atoms with Gasteiger partial charge in [0.15, 0.2) is 5.75 Å². The summed E-state index contributed by atoms with van der Waals surface area (Å²) in [7, 11) is 0. The van der Waals surface area contributed by atoms with E-state index in [4.69, 9.17) is 9.47 Å². The number of nitro benzene ring substituents is 1. The van der Waals surface area contributed by atoms with Crippen LogP contribution in [0.4, 0.5) is 5.69 Å². The molecule has 0 unspecified atom stereocenters. The molecule has 0 atom stereocenters. The number of H-pyrrole nitrogens is 1. The quantitative estimate of drug-likeness (QED) is 0.339. The van der Waals surface area contributed by atoms with Gasteiger partial charge in [0.05, 0.1) is 17.0 Å². The molecule has 8 nitrogen and oxygen atoms in total. The average molecular weight is 348 g/mol. The molecule has 0 spiro atoms. The van der Waals surface area contributed by atoms with Crippen LogP contribution in [0.3, 0.4) is 0 Å². The normalized spacial score (nSPS) is 10.6. The van der Waals surface area contributed by atoms with Gasteiger partial charge in [-0.25, -0.2) is 0 Å². The monoisotopic (exact) mass is 348 g/mol. The Morgan fingerprint density at radius 2 is 2.00 bits per heavy atom. The first-order valence-corrected chi connectivity index (χ1v) is 8.09. The summed E-state index contributed by atoms with van der Waals surface area (Å²) in [5.74, 6) is -0.757. The van der Waals surface area contributed by atoms with Crippen molar-refractivity contribution in [1.29, 1.82) is 0 Å². The summed E-state index contributed by atoms with van der Waals surface area (Å²) in [4.78, 5) is 36.4. The van der Waals surface area contributed by atoms with Crippen LogP contribution in [0, 0.1) is 10.1 Å². The van der Waals surface area contributed by atoms with E-state index in [1.54, 1.807) is 0 Å². The van der Waals surface area contributed by atoms with Crippen LogP contribution in [-0.2, 0) is 4.79 Å². The number of carbonyl (C=O) groups excluding carboxylic acids is 1. The molecule has 2 rings (SSSR count). The fraction of sp³-hybridized carbons (Fsp3) is 0.412. The molecule has 1 aromatic carbocycles. The highest BCUT2D eigenvalue weighted by Gasteiger charge is 2.19. The second-order valence-electron chi connectivity index (χ2n) is 5.60. The lowest BCUT2D eigenvalue weighted by Crippen LogP contribution is -2.16. The zero-order chi connectivity index (χ0) is 18.4. The summed E-state index contributed by atoms with van der Waals surface area (Å²) in [6, 6.07) is 4.03. The Morgan fingerprint density at radius 1 is 1.24 bits per heavy atom. The van der Waals surface area contributed by atoms with Crippen molar-refractivity contribution in [3.8, 4) is 11.5 Å². The molecule has 0 radical (unpaired) electrons. The van der Waals surface area contributed by atoms with Crippen molar-refractivity contribution in [3.63, 3.8) is 0 Å². The first-order valence-electron chi connectivity index (χ1n) is 8.09. The number of unbranched alkanes of at least 4 members (excludes halogenated alkanes) is 3. The molecule has 0 bridgehead atoms. The van der Waals surface area contributed by atoms with Crippen molar-refractivity contribution in [2.75, 3.05) is 6.61 Å². The fourth-order valence-electron chi connectivity index (χ4n) is 2.43. The number of aromatic amines is 1. The van der Waals surface area contributed by atoms with E-state index in [1.165, 1.54) is 25.1 Å². The van der Waals surface area contributed by atoms with Crippen LogP contribution >= 0.6 is 0 Å². The number of nitro groups is 1. The van der Waals surface area contributed by atoms with Gasteiger partial charge >= 0.3 is 5.97 Å². The molecule has 134 valence electrons. The first kappa shape index (κ1) is 18.4. The van der Waals surface area contributed by atoms with Gasteiger partial charge in [-0.05, 0) is 12.5 Å². The number of carbonyl (C=O) groups is 1. The van der Waals surface area contributed by atoms with Crippen LogP contribution in [0.2, 0.25) is 0 Å². The number of pyridine rings is 1. The lowest BCUT2D eigenvalue weighted by Gasteiger charge is -2.13. The minimum atomic E-state index is -0.674. The van der Waals surface area contributed by atoms with Gasteiger partial charge in [0.1, 0.15) is 0 Å². The third kappa shape index (κ3) is 4.56. The molecule has 0 saturated heterocycles. The number of rotatable bonds is 8. The maximum Gasteiger partial charge on any atom is 0.308 e. The molecule has 0 aliphatic heterocycles. The summed E-state index contributed by atoms with van der Waals surface area (Å²) >= 11 is 0.